The topological polar surface area (TPSA) is 97.7 Å². The number of ether oxygens (including phenoxy) is 1. The zero-order chi connectivity index (χ0) is 17.4. The lowest BCUT2D eigenvalue weighted by Crippen LogP contribution is -2.55. The summed E-state index contributed by atoms with van der Waals surface area (Å²) >= 11 is 0. The number of nitrogens with two attached hydrogens (primary N) is 2. The molecule has 0 radical (unpaired) electrons. The van der Waals surface area contributed by atoms with Crippen LogP contribution in [0, 0.1) is 5.92 Å². The number of fused-ring (bicyclic) bond motifs is 1. The first-order valence-electron chi connectivity index (χ1n) is 9.31. The summed E-state index contributed by atoms with van der Waals surface area (Å²) in [6.45, 7) is 3.65. The van der Waals surface area contributed by atoms with Crippen LogP contribution in [0.2, 0.25) is 0 Å². The molecule has 3 aliphatic carbocycles. The Morgan fingerprint density at radius 1 is 1.44 bits per heavy atom. The molecular formula is C19H29N5O. The molecule has 6 N–H and O–H groups in total. The second-order valence-corrected chi connectivity index (χ2v) is 7.96. The number of nitrogens with zero attached hydrogens (tertiary/aromatic N) is 1. The minimum atomic E-state index is -0.0615. The molecule has 0 aromatic carbocycles. The predicted molar refractivity (Wildman–Crippen MR) is 99.9 cm³/mol. The monoisotopic (exact) mass is 343 g/mol. The van der Waals surface area contributed by atoms with Crippen molar-refractivity contribution in [2.24, 2.45) is 22.4 Å². The quantitative estimate of drug-likeness (QED) is 0.569. The minimum Gasteiger partial charge on any atom is -0.399 e. The predicted octanol–water partition coefficient (Wildman–Crippen LogP) is 0.918. The number of nitrogens with one attached hydrogen (secondary N) is 2. The third-order valence-electron chi connectivity index (χ3n) is 5.67. The van der Waals surface area contributed by atoms with E-state index in [9.17, 15) is 0 Å². The van der Waals surface area contributed by atoms with Crippen LogP contribution in [-0.4, -0.2) is 42.8 Å². The van der Waals surface area contributed by atoms with Crippen LogP contribution in [-0.2, 0) is 4.74 Å². The third kappa shape index (κ3) is 3.90. The Kier molecular flexibility index (Phi) is 4.33. The number of hydrogen-bond donors (Lipinski definition) is 4. The van der Waals surface area contributed by atoms with Gasteiger partial charge in [0.1, 0.15) is 0 Å². The van der Waals surface area contributed by atoms with Crippen molar-refractivity contribution in [1.29, 1.82) is 0 Å². The fourth-order valence-corrected chi connectivity index (χ4v) is 3.69. The summed E-state index contributed by atoms with van der Waals surface area (Å²) in [4.78, 5) is 4.68. The summed E-state index contributed by atoms with van der Waals surface area (Å²) in [6.07, 6.45) is 12.6. The van der Waals surface area contributed by atoms with E-state index in [1.165, 1.54) is 5.57 Å². The highest BCUT2D eigenvalue weighted by Gasteiger charge is 2.40. The average Bonchev–Trinajstić information content (AvgIpc) is 3.33. The molecule has 1 heterocycles. The van der Waals surface area contributed by atoms with Crippen LogP contribution in [0.3, 0.4) is 0 Å². The van der Waals surface area contributed by atoms with Gasteiger partial charge in [0, 0.05) is 23.2 Å². The van der Waals surface area contributed by atoms with E-state index in [1.807, 2.05) is 12.2 Å². The Labute approximate surface area is 149 Å². The molecule has 0 saturated heterocycles. The molecule has 0 amide bonds. The van der Waals surface area contributed by atoms with Crippen molar-refractivity contribution < 1.29 is 4.74 Å². The highest BCUT2D eigenvalue weighted by atomic mass is 16.5. The van der Waals surface area contributed by atoms with Crippen LogP contribution in [0.25, 0.3) is 0 Å². The van der Waals surface area contributed by atoms with E-state index in [1.54, 1.807) is 0 Å². The van der Waals surface area contributed by atoms with E-state index in [-0.39, 0.29) is 17.7 Å². The fraction of sp³-hybridized carbons (Fsp3) is 0.632. The molecule has 0 aromatic rings. The van der Waals surface area contributed by atoms with E-state index < -0.39 is 0 Å². The van der Waals surface area contributed by atoms with Crippen molar-refractivity contribution in [3.8, 4) is 0 Å². The first-order valence-corrected chi connectivity index (χ1v) is 9.31. The summed E-state index contributed by atoms with van der Waals surface area (Å²) in [5.41, 5.74) is 14.0. The smallest absolute Gasteiger partial charge is 0.191 e. The molecule has 136 valence electrons. The lowest BCUT2D eigenvalue weighted by Gasteiger charge is -2.38. The van der Waals surface area contributed by atoms with Crippen LogP contribution in [0.5, 0.6) is 0 Å². The van der Waals surface area contributed by atoms with Crippen LogP contribution < -0.4 is 22.1 Å². The standard InChI is InChI=1S/C19H29N5O/c1-12-8-13-10-22-18(23-15-4-2-14(20)3-5-15)24-16(13)9-17(12)25-11-19(21)6-7-19/h2-4,8,13,15-17H,5-7,9-11,20-21H2,1H3,(H2,22,23,24). The van der Waals surface area contributed by atoms with Crippen LogP contribution in [0.15, 0.2) is 40.6 Å². The maximum Gasteiger partial charge on any atom is 0.191 e. The third-order valence-corrected chi connectivity index (χ3v) is 5.67. The minimum absolute atomic E-state index is 0.0615. The lowest BCUT2D eigenvalue weighted by molar-refractivity contribution is 0.0429. The first-order chi connectivity index (χ1) is 12.0. The molecule has 6 nitrogen and oxygen atoms in total. The van der Waals surface area contributed by atoms with Gasteiger partial charge in [-0.15, -0.1) is 0 Å². The largest absolute Gasteiger partial charge is 0.399 e. The molecule has 6 heteroatoms. The normalized spacial score (nSPS) is 35.7. The Bertz CT molecular complexity index is 646. The lowest BCUT2D eigenvalue weighted by atomic mass is 9.84. The van der Waals surface area contributed by atoms with Crippen LogP contribution in [0.4, 0.5) is 0 Å². The van der Waals surface area contributed by atoms with Gasteiger partial charge in [-0.25, -0.2) is 0 Å². The van der Waals surface area contributed by atoms with Crippen LogP contribution >= 0.6 is 0 Å². The van der Waals surface area contributed by atoms with Crippen molar-refractivity contribution in [2.45, 2.75) is 56.3 Å². The summed E-state index contributed by atoms with van der Waals surface area (Å²) in [7, 11) is 0. The Morgan fingerprint density at radius 3 is 3.00 bits per heavy atom. The molecule has 1 saturated carbocycles. The number of rotatable bonds is 4. The molecule has 0 bridgehead atoms. The maximum absolute atomic E-state index is 6.17. The summed E-state index contributed by atoms with van der Waals surface area (Å²) in [5.74, 6) is 1.32. The van der Waals surface area contributed by atoms with E-state index in [0.29, 0.717) is 18.6 Å². The number of aliphatic imine (C=N–C) groups is 1. The Balaban J connectivity index is 1.34. The number of hydrogen-bond acceptors (Lipinski definition) is 6. The van der Waals surface area contributed by atoms with Gasteiger partial charge in [-0.05, 0) is 44.3 Å². The van der Waals surface area contributed by atoms with Gasteiger partial charge in [-0.1, -0.05) is 18.2 Å². The first kappa shape index (κ1) is 16.7. The maximum atomic E-state index is 6.17. The van der Waals surface area contributed by atoms with E-state index >= 15 is 0 Å². The summed E-state index contributed by atoms with van der Waals surface area (Å²) < 4.78 is 6.14. The fourth-order valence-electron chi connectivity index (χ4n) is 3.69. The highest BCUT2D eigenvalue weighted by Crippen LogP contribution is 2.34. The average molecular weight is 343 g/mol. The Hall–Kier alpha value is -1.79. The van der Waals surface area contributed by atoms with Gasteiger partial charge in [0.25, 0.3) is 0 Å². The molecule has 1 fully saturated rings. The van der Waals surface area contributed by atoms with Crippen molar-refractivity contribution in [2.75, 3.05) is 13.2 Å². The van der Waals surface area contributed by atoms with Crippen molar-refractivity contribution in [3.05, 3.63) is 35.6 Å². The van der Waals surface area contributed by atoms with E-state index in [4.69, 9.17) is 16.2 Å². The van der Waals surface area contributed by atoms with Gasteiger partial charge >= 0.3 is 0 Å². The molecule has 4 atom stereocenters. The van der Waals surface area contributed by atoms with E-state index in [2.05, 4.69) is 34.7 Å². The van der Waals surface area contributed by atoms with Gasteiger partial charge in [0.05, 0.1) is 25.3 Å². The molecule has 4 unspecified atom stereocenters. The molecule has 0 spiro atoms. The number of allylic oxidation sites excluding steroid dienone is 1. The second-order valence-electron chi connectivity index (χ2n) is 7.96. The van der Waals surface area contributed by atoms with Crippen molar-refractivity contribution >= 4 is 5.96 Å². The molecule has 25 heavy (non-hydrogen) atoms. The highest BCUT2D eigenvalue weighted by molar-refractivity contribution is 5.81. The summed E-state index contributed by atoms with van der Waals surface area (Å²) in [6, 6.07) is 0.602. The van der Waals surface area contributed by atoms with E-state index in [0.717, 1.165) is 43.9 Å². The second kappa shape index (κ2) is 6.50. The Morgan fingerprint density at radius 2 is 2.28 bits per heavy atom. The zero-order valence-electron chi connectivity index (χ0n) is 14.9. The number of guanidine groups is 1. The van der Waals surface area contributed by atoms with Gasteiger partial charge in [0.2, 0.25) is 0 Å². The van der Waals surface area contributed by atoms with Gasteiger partial charge in [-0.2, -0.15) is 0 Å². The molecule has 1 aliphatic heterocycles. The molecular weight excluding hydrogens is 314 g/mol. The van der Waals surface area contributed by atoms with Gasteiger partial charge < -0.3 is 26.8 Å². The zero-order valence-corrected chi connectivity index (χ0v) is 14.9. The van der Waals surface area contributed by atoms with Crippen molar-refractivity contribution in [1.82, 2.24) is 10.6 Å². The van der Waals surface area contributed by atoms with Crippen LogP contribution in [0.1, 0.15) is 32.6 Å². The summed E-state index contributed by atoms with van der Waals surface area (Å²) in [5, 5.41) is 7.05. The SMILES string of the molecule is CC1=CC2CN=C(NC3C=CC(N)=CC3)NC2CC1OCC1(N)CC1. The van der Waals surface area contributed by atoms with Gasteiger partial charge in [0.15, 0.2) is 5.96 Å². The van der Waals surface area contributed by atoms with Crippen molar-refractivity contribution in [3.63, 3.8) is 0 Å². The molecule has 0 aromatic heterocycles. The molecule has 4 aliphatic rings. The van der Waals surface area contributed by atoms with Gasteiger partial charge in [-0.3, -0.25) is 4.99 Å². The molecule has 4 rings (SSSR count).